The Labute approximate surface area is 151 Å². The molecule has 1 amide bonds. The van der Waals surface area contributed by atoms with E-state index in [1.54, 1.807) is 0 Å². The number of fused-ring (bicyclic) bond motifs is 2. The van der Waals surface area contributed by atoms with Gasteiger partial charge in [0, 0.05) is 24.1 Å². The van der Waals surface area contributed by atoms with Gasteiger partial charge in [0.2, 0.25) is 12.7 Å². The number of hydrogen-bond donors (Lipinski definition) is 1. The first-order valence-electron chi connectivity index (χ1n) is 8.67. The van der Waals surface area contributed by atoms with E-state index in [0.717, 1.165) is 22.6 Å². The molecule has 1 atom stereocenters. The third kappa shape index (κ3) is 2.51. The first-order chi connectivity index (χ1) is 12.8. The maximum absolute atomic E-state index is 12.2. The minimum atomic E-state index is 0.0121. The Morgan fingerprint density at radius 3 is 2.31 bits per heavy atom. The van der Waals surface area contributed by atoms with Crippen molar-refractivity contribution in [2.75, 3.05) is 12.1 Å². The van der Waals surface area contributed by atoms with E-state index in [1.165, 1.54) is 11.1 Å². The first-order valence-corrected chi connectivity index (χ1v) is 8.67. The van der Waals surface area contributed by atoms with Crippen LogP contribution >= 0.6 is 0 Å². The molecule has 2 heterocycles. The molecular formula is C22H17NO3. The monoisotopic (exact) mass is 343 g/mol. The number of amides is 1. The van der Waals surface area contributed by atoms with Gasteiger partial charge in [-0.25, -0.2) is 0 Å². The van der Waals surface area contributed by atoms with Crippen LogP contribution in [0, 0.1) is 0 Å². The van der Waals surface area contributed by atoms with Crippen LogP contribution in [0.1, 0.15) is 23.5 Å². The number of rotatable bonds is 2. The lowest BCUT2D eigenvalue weighted by atomic mass is 9.84. The molecule has 2 aliphatic rings. The summed E-state index contributed by atoms with van der Waals surface area (Å²) < 4.78 is 10.9. The van der Waals surface area contributed by atoms with E-state index < -0.39 is 0 Å². The van der Waals surface area contributed by atoms with Crippen LogP contribution in [0.5, 0.6) is 11.5 Å². The van der Waals surface area contributed by atoms with Crippen LogP contribution in [0.4, 0.5) is 5.69 Å². The van der Waals surface area contributed by atoms with Crippen molar-refractivity contribution in [1.29, 1.82) is 0 Å². The van der Waals surface area contributed by atoms with Crippen LogP contribution in [0.25, 0.3) is 11.1 Å². The summed E-state index contributed by atoms with van der Waals surface area (Å²) in [5.41, 5.74) is 5.35. The number of nitrogens with one attached hydrogen (secondary N) is 1. The summed E-state index contributed by atoms with van der Waals surface area (Å²) in [6.07, 6.45) is 0.428. The van der Waals surface area contributed by atoms with Crippen LogP contribution in [0.15, 0.2) is 66.7 Å². The molecule has 4 heteroatoms. The van der Waals surface area contributed by atoms with E-state index in [9.17, 15) is 4.79 Å². The van der Waals surface area contributed by atoms with Crippen molar-refractivity contribution in [3.63, 3.8) is 0 Å². The molecule has 2 aliphatic heterocycles. The van der Waals surface area contributed by atoms with E-state index in [-0.39, 0.29) is 18.6 Å². The van der Waals surface area contributed by atoms with Crippen LogP contribution in [0.2, 0.25) is 0 Å². The number of anilines is 1. The minimum Gasteiger partial charge on any atom is -0.454 e. The fraction of sp³-hybridized carbons (Fsp3) is 0.136. The van der Waals surface area contributed by atoms with Gasteiger partial charge in [0.15, 0.2) is 11.5 Å². The van der Waals surface area contributed by atoms with E-state index in [2.05, 4.69) is 41.7 Å². The number of ether oxygens (including phenoxy) is 2. The lowest BCUT2D eigenvalue weighted by Gasteiger charge is -2.26. The molecule has 26 heavy (non-hydrogen) atoms. The van der Waals surface area contributed by atoms with E-state index in [4.69, 9.17) is 9.47 Å². The minimum absolute atomic E-state index is 0.0121. The van der Waals surface area contributed by atoms with Gasteiger partial charge in [-0.3, -0.25) is 4.79 Å². The van der Waals surface area contributed by atoms with E-state index in [0.29, 0.717) is 12.2 Å². The summed E-state index contributed by atoms with van der Waals surface area (Å²) in [5, 5.41) is 2.95. The molecule has 0 saturated carbocycles. The van der Waals surface area contributed by atoms with Crippen LogP contribution in [0.3, 0.4) is 0 Å². The zero-order valence-corrected chi connectivity index (χ0v) is 14.1. The average molecular weight is 343 g/mol. The second-order valence-corrected chi connectivity index (χ2v) is 6.59. The van der Waals surface area contributed by atoms with Gasteiger partial charge in [-0.1, -0.05) is 54.6 Å². The lowest BCUT2D eigenvalue weighted by molar-refractivity contribution is -0.116. The second-order valence-electron chi connectivity index (χ2n) is 6.59. The van der Waals surface area contributed by atoms with Crippen molar-refractivity contribution in [2.45, 2.75) is 12.3 Å². The smallest absolute Gasteiger partial charge is 0.231 e. The summed E-state index contributed by atoms with van der Waals surface area (Å²) in [4.78, 5) is 12.2. The van der Waals surface area contributed by atoms with Crippen LogP contribution in [-0.2, 0) is 4.79 Å². The van der Waals surface area contributed by atoms with Crippen molar-refractivity contribution in [1.82, 2.24) is 0 Å². The standard InChI is InChI=1S/C22H17NO3/c24-22-11-17(18-10-20-21(26-13-25-20)12-19(18)23-22)16-8-6-15(7-9-16)14-4-2-1-3-5-14/h1-10,12,17H,11,13H2,(H,23,24)/t17-/m0/s1. The Hall–Kier alpha value is -3.27. The molecule has 0 bridgehead atoms. The molecule has 1 N–H and O–H groups in total. The quantitative estimate of drug-likeness (QED) is 0.742. The van der Waals surface area contributed by atoms with Crippen LogP contribution in [-0.4, -0.2) is 12.7 Å². The molecule has 0 saturated heterocycles. The molecule has 0 fully saturated rings. The highest BCUT2D eigenvalue weighted by Gasteiger charge is 2.29. The lowest BCUT2D eigenvalue weighted by Crippen LogP contribution is -2.23. The largest absolute Gasteiger partial charge is 0.454 e. The molecule has 0 unspecified atom stereocenters. The zero-order valence-electron chi connectivity index (χ0n) is 14.1. The number of carbonyl (C=O) groups is 1. The Bertz CT molecular complexity index is 980. The highest BCUT2D eigenvalue weighted by molar-refractivity contribution is 5.96. The molecule has 128 valence electrons. The molecule has 3 aromatic rings. The third-order valence-electron chi connectivity index (χ3n) is 5.00. The first kappa shape index (κ1) is 15.0. The predicted octanol–water partition coefficient (Wildman–Crippen LogP) is 4.56. The van der Waals surface area contributed by atoms with Gasteiger partial charge in [0.25, 0.3) is 0 Å². The molecule has 4 nitrogen and oxygen atoms in total. The summed E-state index contributed by atoms with van der Waals surface area (Å²) in [6, 6.07) is 22.6. The molecule has 0 radical (unpaired) electrons. The normalized spacial score (nSPS) is 17.5. The number of carbonyl (C=O) groups excluding carboxylic acids is 1. The molecule has 0 spiro atoms. The summed E-state index contributed by atoms with van der Waals surface area (Å²) in [7, 11) is 0. The van der Waals surface area contributed by atoms with Gasteiger partial charge in [0.05, 0.1) is 0 Å². The van der Waals surface area contributed by atoms with Gasteiger partial charge < -0.3 is 14.8 Å². The van der Waals surface area contributed by atoms with Crippen LogP contribution < -0.4 is 14.8 Å². The maximum atomic E-state index is 12.2. The Balaban J connectivity index is 1.54. The molecule has 0 aromatic heterocycles. The molecule has 3 aromatic carbocycles. The number of benzene rings is 3. The van der Waals surface area contributed by atoms with E-state index >= 15 is 0 Å². The zero-order chi connectivity index (χ0) is 17.5. The van der Waals surface area contributed by atoms with Crippen molar-refractivity contribution in [2.24, 2.45) is 0 Å². The van der Waals surface area contributed by atoms with Crippen molar-refractivity contribution < 1.29 is 14.3 Å². The van der Waals surface area contributed by atoms with Gasteiger partial charge in [-0.2, -0.15) is 0 Å². The molecule has 0 aliphatic carbocycles. The van der Waals surface area contributed by atoms with Crippen molar-refractivity contribution >= 4 is 11.6 Å². The Morgan fingerprint density at radius 1 is 0.846 bits per heavy atom. The predicted molar refractivity (Wildman–Crippen MR) is 99.5 cm³/mol. The van der Waals surface area contributed by atoms with Crippen molar-refractivity contribution in [3.8, 4) is 22.6 Å². The van der Waals surface area contributed by atoms with Gasteiger partial charge in [-0.15, -0.1) is 0 Å². The highest BCUT2D eigenvalue weighted by atomic mass is 16.7. The third-order valence-corrected chi connectivity index (χ3v) is 5.00. The van der Waals surface area contributed by atoms with Crippen molar-refractivity contribution in [3.05, 3.63) is 77.9 Å². The summed E-state index contributed by atoms with van der Waals surface area (Å²) in [5.74, 6) is 1.46. The van der Waals surface area contributed by atoms with Gasteiger partial charge in [-0.05, 0) is 28.3 Å². The fourth-order valence-electron chi connectivity index (χ4n) is 3.69. The van der Waals surface area contributed by atoms with Gasteiger partial charge in [0.1, 0.15) is 0 Å². The number of hydrogen-bond acceptors (Lipinski definition) is 3. The molecular weight excluding hydrogens is 326 g/mol. The average Bonchev–Trinajstić information content (AvgIpc) is 3.14. The Kier molecular flexibility index (Phi) is 3.42. The molecule has 5 rings (SSSR count). The SMILES string of the molecule is O=C1C[C@@H](c2ccc(-c3ccccc3)cc2)c2cc3c(cc2N1)OCO3. The topological polar surface area (TPSA) is 47.6 Å². The second kappa shape index (κ2) is 5.92. The van der Waals surface area contributed by atoms with E-state index in [1.807, 2.05) is 30.3 Å². The highest BCUT2D eigenvalue weighted by Crippen LogP contribution is 2.44. The fourth-order valence-corrected chi connectivity index (χ4v) is 3.69. The Morgan fingerprint density at radius 2 is 1.54 bits per heavy atom. The summed E-state index contributed by atoms with van der Waals surface area (Å²) >= 11 is 0. The van der Waals surface area contributed by atoms with Gasteiger partial charge >= 0.3 is 0 Å². The maximum Gasteiger partial charge on any atom is 0.231 e. The summed E-state index contributed by atoms with van der Waals surface area (Å²) in [6.45, 7) is 0.225.